The van der Waals surface area contributed by atoms with Gasteiger partial charge in [-0.2, -0.15) is 0 Å². The van der Waals surface area contributed by atoms with Gasteiger partial charge in [0.05, 0.1) is 21.4 Å². The highest BCUT2D eigenvalue weighted by molar-refractivity contribution is 7.98. The molecule has 0 radical (unpaired) electrons. The number of carbonyl (C=O) groups is 1. The van der Waals surface area contributed by atoms with Crippen LogP contribution in [0.25, 0.3) is 0 Å². The van der Waals surface area contributed by atoms with Gasteiger partial charge in [0.15, 0.2) is 0 Å². The second kappa shape index (κ2) is 6.39. The van der Waals surface area contributed by atoms with Gasteiger partial charge in [-0.15, -0.1) is 11.8 Å². The highest BCUT2D eigenvalue weighted by atomic mass is 35.5. The topological polar surface area (TPSA) is 55.1 Å². The average molecular weight is 327 g/mol. The number of nitrogen functional groups attached to an aromatic ring is 1. The molecule has 0 atom stereocenters. The predicted molar refractivity (Wildman–Crippen MR) is 87.1 cm³/mol. The van der Waals surface area contributed by atoms with Gasteiger partial charge in [-0.3, -0.25) is 4.79 Å². The van der Waals surface area contributed by atoms with E-state index in [1.54, 1.807) is 11.8 Å². The first-order valence-electron chi connectivity index (χ1n) is 5.72. The second-order valence-electron chi connectivity index (χ2n) is 4.01. The number of amides is 1. The molecule has 0 bridgehead atoms. The van der Waals surface area contributed by atoms with Gasteiger partial charge in [-0.1, -0.05) is 35.3 Å². The van der Waals surface area contributed by atoms with E-state index in [1.807, 2.05) is 30.5 Å². The zero-order valence-corrected chi connectivity index (χ0v) is 12.9. The standard InChI is InChI=1S/C14H12Cl2N2OS/c1-20-12-5-3-2-4-11(12)18-14(19)8-6-9(15)13(17)10(16)7-8/h2-7H,17H2,1H3,(H,18,19). The number of rotatable bonds is 3. The molecule has 0 aliphatic carbocycles. The summed E-state index contributed by atoms with van der Waals surface area (Å²) in [6.07, 6.45) is 1.95. The summed E-state index contributed by atoms with van der Waals surface area (Å²) in [7, 11) is 0. The van der Waals surface area contributed by atoms with Crippen molar-refractivity contribution in [2.24, 2.45) is 0 Å². The van der Waals surface area contributed by atoms with E-state index in [4.69, 9.17) is 28.9 Å². The van der Waals surface area contributed by atoms with Crippen LogP contribution in [0.1, 0.15) is 10.4 Å². The van der Waals surface area contributed by atoms with Crippen molar-refractivity contribution >= 4 is 52.2 Å². The van der Waals surface area contributed by atoms with Gasteiger partial charge >= 0.3 is 0 Å². The first-order valence-corrected chi connectivity index (χ1v) is 7.70. The fraction of sp³-hybridized carbons (Fsp3) is 0.0714. The van der Waals surface area contributed by atoms with E-state index in [1.165, 1.54) is 12.1 Å². The molecule has 0 saturated heterocycles. The Morgan fingerprint density at radius 1 is 1.20 bits per heavy atom. The number of halogens is 2. The first kappa shape index (κ1) is 15.0. The molecule has 0 spiro atoms. The lowest BCUT2D eigenvalue weighted by Crippen LogP contribution is -2.12. The SMILES string of the molecule is CSc1ccccc1NC(=O)c1cc(Cl)c(N)c(Cl)c1. The zero-order chi connectivity index (χ0) is 14.7. The number of anilines is 2. The Morgan fingerprint density at radius 2 is 1.80 bits per heavy atom. The van der Waals surface area contributed by atoms with Crippen molar-refractivity contribution in [2.75, 3.05) is 17.3 Å². The fourth-order valence-corrected chi connectivity index (χ4v) is 2.70. The molecule has 0 fully saturated rings. The minimum absolute atomic E-state index is 0.265. The van der Waals surface area contributed by atoms with Gasteiger partial charge in [0.1, 0.15) is 0 Å². The predicted octanol–water partition coefficient (Wildman–Crippen LogP) is 4.55. The Kier molecular flexibility index (Phi) is 4.81. The number of hydrogen-bond acceptors (Lipinski definition) is 3. The third kappa shape index (κ3) is 3.20. The van der Waals surface area contributed by atoms with Crippen molar-refractivity contribution < 1.29 is 4.79 Å². The molecule has 2 aromatic carbocycles. The van der Waals surface area contributed by atoms with Gasteiger partial charge in [0, 0.05) is 10.5 Å². The van der Waals surface area contributed by atoms with E-state index in [0.717, 1.165) is 10.6 Å². The van der Waals surface area contributed by atoms with Gasteiger partial charge < -0.3 is 11.1 Å². The average Bonchev–Trinajstić information content (AvgIpc) is 2.44. The molecule has 0 aliphatic rings. The van der Waals surface area contributed by atoms with Crippen LogP contribution >= 0.6 is 35.0 Å². The highest BCUT2D eigenvalue weighted by Crippen LogP contribution is 2.30. The molecule has 104 valence electrons. The molecule has 20 heavy (non-hydrogen) atoms. The molecule has 1 amide bonds. The van der Waals surface area contributed by atoms with Gasteiger partial charge in [0.2, 0.25) is 0 Å². The third-order valence-electron chi connectivity index (χ3n) is 2.70. The summed E-state index contributed by atoms with van der Waals surface area (Å²) in [5, 5.41) is 3.36. The Morgan fingerprint density at radius 3 is 2.40 bits per heavy atom. The molecule has 6 heteroatoms. The minimum Gasteiger partial charge on any atom is -0.396 e. The van der Waals surface area contributed by atoms with Crippen molar-refractivity contribution in [1.29, 1.82) is 0 Å². The van der Waals surface area contributed by atoms with Crippen molar-refractivity contribution in [2.45, 2.75) is 4.90 Å². The van der Waals surface area contributed by atoms with Crippen LogP contribution in [0.15, 0.2) is 41.3 Å². The van der Waals surface area contributed by atoms with E-state index in [2.05, 4.69) is 5.32 Å². The Bertz CT molecular complexity index is 638. The number of benzene rings is 2. The molecule has 0 saturated carbocycles. The van der Waals surface area contributed by atoms with E-state index >= 15 is 0 Å². The number of hydrogen-bond donors (Lipinski definition) is 2. The molecular weight excluding hydrogens is 315 g/mol. The maximum atomic E-state index is 12.2. The lowest BCUT2D eigenvalue weighted by molar-refractivity contribution is 0.102. The first-order chi connectivity index (χ1) is 9.52. The van der Waals surface area contributed by atoms with Gasteiger partial charge in [-0.25, -0.2) is 0 Å². The van der Waals surface area contributed by atoms with Crippen molar-refractivity contribution in [3.05, 3.63) is 52.0 Å². The normalized spacial score (nSPS) is 10.3. The molecule has 3 N–H and O–H groups in total. The van der Waals surface area contributed by atoms with Crippen LogP contribution in [0.4, 0.5) is 11.4 Å². The van der Waals surface area contributed by atoms with E-state index in [9.17, 15) is 4.79 Å². The number of nitrogens with two attached hydrogens (primary N) is 1. The lowest BCUT2D eigenvalue weighted by atomic mass is 10.2. The molecule has 3 nitrogen and oxygen atoms in total. The molecule has 0 unspecified atom stereocenters. The monoisotopic (exact) mass is 326 g/mol. The molecule has 2 rings (SSSR count). The van der Waals surface area contributed by atoms with Crippen molar-refractivity contribution in [3.8, 4) is 0 Å². The Labute approximate surface area is 131 Å². The molecule has 0 aromatic heterocycles. The third-order valence-corrected chi connectivity index (χ3v) is 4.12. The van der Waals surface area contributed by atoms with Crippen LogP contribution in [0.5, 0.6) is 0 Å². The van der Waals surface area contributed by atoms with Crippen molar-refractivity contribution in [3.63, 3.8) is 0 Å². The van der Waals surface area contributed by atoms with E-state index < -0.39 is 0 Å². The molecular formula is C14H12Cl2N2OS. The maximum Gasteiger partial charge on any atom is 0.255 e. The summed E-state index contributed by atoms with van der Waals surface area (Å²) in [6.45, 7) is 0. The highest BCUT2D eigenvalue weighted by Gasteiger charge is 2.12. The second-order valence-corrected chi connectivity index (χ2v) is 5.67. The number of thioether (sulfide) groups is 1. The van der Waals surface area contributed by atoms with Crippen LogP contribution in [0, 0.1) is 0 Å². The fourth-order valence-electron chi connectivity index (χ4n) is 1.66. The Hall–Kier alpha value is -1.36. The lowest BCUT2D eigenvalue weighted by Gasteiger charge is -2.10. The molecule has 0 heterocycles. The van der Waals surface area contributed by atoms with Gasteiger partial charge in [-0.05, 0) is 30.5 Å². The molecule has 0 aliphatic heterocycles. The smallest absolute Gasteiger partial charge is 0.255 e. The van der Waals surface area contributed by atoms with Crippen molar-refractivity contribution in [1.82, 2.24) is 0 Å². The van der Waals surface area contributed by atoms with Crippen LogP contribution in [0.3, 0.4) is 0 Å². The Balaban J connectivity index is 2.29. The summed E-state index contributed by atoms with van der Waals surface area (Å²) >= 11 is 13.4. The van der Waals surface area contributed by atoms with Gasteiger partial charge in [0.25, 0.3) is 5.91 Å². The minimum atomic E-state index is -0.282. The molecule has 2 aromatic rings. The van der Waals surface area contributed by atoms with Crippen LogP contribution in [0.2, 0.25) is 10.0 Å². The summed E-state index contributed by atoms with van der Waals surface area (Å²) in [6, 6.07) is 10.5. The van der Waals surface area contributed by atoms with Crippen LogP contribution in [-0.2, 0) is 0 Å². The number of para-hydroxylation sites is 1. The van der Waals surface area contributed by atoms with E-state index in [-0.39, 0.29) is 21.6 Å². The van der Waals surface area contributed by atoms with Crippen LogP contribution < -0.4 is 11.1 Å². The summed E-state index contributed by atoms with van der Waals surface area (Å²) in [5.41, 5.74) is 7.03. The maximum absolute atomic E-state index is 12.2. The van der Waals surface area contributed by atoms with E-state index in [0.29, 0.717) is 5.56 Å². The number of nitrogens with one attached hydrogen (secondary N) is 1. The zero-order valence-electron chi connectivity index (χ0n) is 10.6. The summed E-state index contributed by atoms with van der Waals surface area (Å²) in [4.78, 5) is 13.2. The van der Waals surface area contributed by atoms with Crippen LogP contribution in [-0.4, -0.2) is 12.2 Å². The quantitative estimate of drug-likeness (QED) is 0.642. The largest absolute Gasteiger partial charge is 0.396 e. The summed E-state index contributed by atoms with van der Waals surface area (Å²) in [5.74, 6) is -0.282. The summed E-state index contributed by atoms with van der Waals surface area (Å²) < 4.78 is 0. The number of carbonyl (C=O) groups excluding carboxylic acids is 1.